The normalized spacial score (nSPS) is 51.7. The average molecular weight is 261 g/mol. The maximum atomic E-state index is 7.89. The van der Waals surface area contributed by atoms with E-state index in [1.165, 1.54) is 19.3 Å². The highest BCUT2D eigenvalue weighted by atomic mass is 16.5. The van der Waals surface area contributed by atoms with Crippen LogP contribution in [0.15, 0.2) is 12.2 Å². The minimum atomic E-state index is 0.129. The maximum absolute atomic E-state index is 7.89. The Balaban J connectivity index is 1.49. The second kappa shape index (κ2) is 3.50. The molecule has 19 heavy (non-hydrogen) atoms. The smallest absolute Gasteiger partial charge is 0.0891 e. The van der Waals surface area contributed by atoms with Crippen molar-refractivity contribution < 1.29 is 9.47 Å². The van der Waals surface area contributed by atoms with Gasteiger partial charge in [0.1, 0.15) is 0 Å². The summed E-state index contributed by atoms with van der Waals surface area (Å²) in [7, 11) is 1.81. The Hall–Kier alpha value is -0.670. The maximum Gasteiger partial charge on any atom is 0.0891 e. The van der Waals surface area contributed by atoms with Crippen molar-refractivity contribution in [2.75, 3.05) is 20.3 Å². The van der Waals surface area contributed by atoms with Crippen LogP contribution in [-0.4, -0.2) is 31.6 Å². The van der Waals surface area contributed by atoms with Crippen LogP contribution in [-0.2, 0) is 9.47 Å². The van der Waals surface area contributed by atoms with Crippen molar-refractivity contribution in [2.24, 2.45) is 29.1 Å². The molecule has 0 aromatic carbocycles. The van der Waals surface area contributed by atoms with Gasteiger partial charge in [-0.3, -0.25) is 0 Å². The van der Waals surface area contributed by atoms with Crippen LogP contribution in [0.4, 0.5) is 0 Å². The summed E-state index contributed by atoms with van der Waals surface area (Å²) in [6, 6.07) is 0. The second-order valence-electron chi connectivity index (χ2n) is 7.03. The van der Waals surface area contributed by atoms with Gasteiger partial charge < -0.3 is 14.9 Å². The molecule has 0 bridgehead atoms. The van der Waals surface area contributed by atoms with Gasteiger partial charge in [0.25, 0.3) is 0 Å². The summed E-state index contributed by atoms with van der Waals surface area (Å²) in [5, 5.41) is 7.89. The molecule has 6 unspecified atom stereocenters. The lowest BCUT2D eigenvalue weighted by Crippen LogP contribution is -2.49. The van der Waals surface area contributed by atoms with Gasteiger partial charge >= 0.3 is 0 Å². The highest BCUT2D eigenvalue weighted by molar-refractivity contribution is 5.97. The molecule has 1 N–H and O–H groups in total. The van der Waals surface area contributed by atoms with Gasteiger partial charge in [-0.2, -0.15) is 0 Å². The van der Waals surface area contributed by atoms with Crippen molar-refractivity contribution in [2.45, 2.75) is 31.8 Å². The first-order valence-corrected chi connectivity index (χ1v) is 7.45. The molecule has 4 fully saturated rings. The van der Waals surface area contributed by atoms with E-state index < -0.39 is 0 Å². The molecule has 0 aromatic rings. The van der Waals surface area contributed by atoms with Crippen LogP contribution in [0.1, 0.15) is 26.2 Å². The van der Waals surface area contributed by atoms with Crippen LogP contribution in [0.5, 0.6) is 0 Å². The summed E-state index contributed by atoms with van der Waals surface area (Å²) < 4.78 is 11.7. The number of rotatable bonds is 6. The minimum Gasteiger partial charge on any atom is -0.384 e. The van der Waals surface area contributed by atoms with Crippen LogP contribution in [0.2, 0.25) is 0 Å². The first-order valence-electron chi connectivity index (χ1n) is 7.45. The zero-order chi connectivity index (χ0) is 13.4. The van der Waals surface area contributed by atoms with Crippen molar-refractivity contribution >= 4 is 5.71 Å². The Morgan fingerprint density at radius 2 is 2.05 bits per heavy atom. The SMILES string of the molecule is C=C(C)C(=N)COC12CC1C1CCC3C(COC)C132. The molecule has 4 saturated carbocycles. The Bertz CT molecular complexity index is 473. The largest absolute Gasteiger partial charge is 0.384 e. The van der Waals surface area contributed by atoms with Gasteiger partial charge in [0.15, 0.2) is 0 Å². The molecule has 1 spiro atoms. The Kier molecular flexibility index (Phi) is 2.23. The fourth-order valence-corrected chi connectivity index (χ4v) is 5.81. The molecule has 104 valence electrons. The van der Waals surface area contributed by atoms with Crippen LogP contribution in [0.3, 0.4) is 0 Å². The van der Waals surface area contributed by atoms with E-state index in [4.69, 9.17) is 14.9 Å². The molecule has 6 atom stereocenters. The van der Waals surface area contributed by atoms with Crippen molar-refractivity contribution in [1.29, 1.82) is 5.41 Å². The van der Waals surface area contributed by atoms with E-state index in [1.807, 2.05) is 14.0 Å². The van der Waals surface area contributed by atoms with Crippen LogP contribution < -0.4 is 0 Å². The topological polar surface area (TPSA) is 42.3 Å². The Labute approximate surface area is 114 Å². The summed E-state index contributed by atoms with van der Waals surface area (Å²) >= 11 is 0. The van der Waals surface area contributed by atoms with E-state index in [0.717, 1.165) is 35.9 Å². The van der Waals surface area contributed by atoms with Gasteiger partial charge in [0, 0.05) is 19.1 Å². The molecule has 0 radical (unpaired) electrons. The number of hydrogen-bond acceptors (Lipinski definition) is 3. The Morgan fingerprint density at radius 1 is 1.32 bits per heavy atom. The van der Waals surface area contributed by atoms with Crippen LogP contribution >= 0.6 is 0 Å². The second-order valence-corrected chi connectivity index (χ2v) is 7.03. The van der Waals surface area contributed by atoms with E-state index in [1.54, 1.807) is 0 Å². The molecule has 0 aromatic heterocycles. The molecule has 0 saturated heterocycles. The first-order chi connectivity index (χ1) is 9.09. The number of methoxy groups -OCH3 is 1. The lowest BCUT2D eigenvalue weighted by molar-refractivity contribution is -0.114. The predicted octanol–water partition coefficient (Wildman–Crippen LogP) is 2.66. The zero-order valence-electron chi connectivity index (χ0n) is 11.9. The highest BCUT2D eigenvalue weighted by Gasteiger charge is 2.95. The monoisotopic (exact) mass is 261 g/mol. The Morgan fingerprint density at radius 3 is 2.74 bits per heavy atom. The van der Waals surface area contributed by atoms with E-state index >= 15 is 0 Å². The molecule has 4 aliphatic carbocycles. The van der Waals surface area contributed by atoms with E-state index in [9.17, 15) is 0 Å². The number of hydrogen-bond donors (Lipinski definition) is 1. The summed E-state index contributed by atoms with van der Waals surface area (Å²) in [5.41, 5.74) is 1.96. The van der Waals surface area contributed by atoms with E-state index in [-0.39, 0.29) is 5.60 Å². The lowest BCUT2D eigenvalue weighted by atomic mass is 9.66. The number of nitrogens with one attached hydrogen (secondary N) is 1. The van der Waals surface area contributed by atoms with Gasteiger partial charge in [-0.25, -0.2) is 0 Å². The number of ether oxygens (including phenoxy) is 2. The zero-order valence-corrected chi connectivity index (χ0v) is 11.9. The first kappa shape index (κ1) is 12.1. The standard InChI is InChI=1S/C16H23NO2/c1-9(2)14(17)8-19-15-6-12(15)10-4-5-11-13(7-18-3)16(10,11)15/h10-13,17H,1,4-8H2,2-3H3. The third-order valence-corrected chi connectivity index (χ3v) is 6.52. The fraction of sp³-hybridized carbons (Fsp3) is 0.812. The highest BCUT2D eigenvalue weighted by Crippen LogP contribution is 2.93. The molecule has 0 amide bonds. The molecular weight excluding hydrogens is 238 g/mol. The molecular formula is C16H23NO2. The summed E-state index contributed by atoms with van der Waals surface area (Å²) in [5.74, 6) is 3.26. The van der Waals surface area contributed by atoms with Gasteiger partial charge in [0.2, 0.25) is 0 Å². The van der Waals surface area contributed by atoms with Gasteiger partial charge in [0.05, 0.1) is 17.9 Å². The fourth-order valence-electron chi connectivity index (χ4n) is 5.81. The van der Waals surface area contributed by atoms with E-state index in [0.29, 0.717) is 17.7 Å². The summed E-state index contributed by atoms with van der Waals surface area (Å²) in [6.07, 6.45) is 4.01. The lowest BCUT2D eigenvalue weighted by Gasteiger charge is -2.44. The van der Waals surface area contributed by atoms with Gasteiger partial charge in [-0.05, 0) is 55.4 Å². The van der Waals surface area contributed by atoms with Crippen LogP contribution in [0.25, 0.3) is 0 Å². The van der Waals surface area contributed by atoms with Crippen molar-refractivity contribution in [3.8, 4) is 0 Å². The average Bonchev–Trinajstić information content (AvgIpc) is 3.18. The molecule has 0 aliphatic heterocycles. The third-order valence-electron chi connectivity index (χ3n) is 6.52. The van der Waals surface area contributed by atoms with Crippen molar-refractivity contribution in [3.05, 3.63) is 12.2 Å². The van der Waals surface area contributed by atoms with Crippen LogP contribution in [0, 0.1) is 34.5 Å². The van der Waals surface area contributed by atoms with Gasteiger partial charge in [-0.15, -0.1) is 0 Å². The molecule has 0 heterocycles. The third kappa shape index (κ3) is 1.16. The van der Waals surface area contributed by atoms with Gasteiger partial charge in [-0.1, -0.05) is 6.58 Å². The van der Waals surface area contributed by atoms with E-state index in [2.05, 4.69) is 6.58 Å². The minimum absolute atomic E-state index is 0.129. The quantitative estimate of drug-likeness (QED) is 0.747. The predicted molar refractivity (Wildman–Crippen MR) is 73.3 cm³/mol. The summed E-state index contributed by atoms with van der Waals surface area (Å²) in [4.78, 5) is 0. The molecule has 3 heteroatoms. The molecule has 4 aliphatic rings. The van der Waals surface area contributed by atoms with Crippen molar-refractivity contribution in [3.63, 3.8) is 0 Å². The number of fused-ring (bicyclic) bond motifs is 2. The van der Waals surface area contributed by atoms with Crippen molar-refractivity contribution in [1.82, 2.24) is 0 Å². The molecule has 4 rings (SSSR count). The summed E-state index contributed by atoms with van der Waals surface area (Å²) in [6.45, 7) is 7.07. The molecule has 3 nitrogen and oxygen atoms in total.